The van der Waals surface area contributed by atoms with Gasteiger partial charge in [0.2, 0.25) is 0 Å². The van der Waals surface area contributed by atoms with Crippen LogP contribution in [-0.2, 0) is 6.42 Å². The molecule has 1 unspecified atom stereocenters. The first-order chi connectivity index (χ1) is 7.54. The monoisotopic (exact) mass is 219 g/mol. The van der Waals surface area contributed by atoms with Gasteiger partial charge in [0.05, 0.1) is 0 Å². The van der Waals surface area contributed by atoms with E-state index in [1.165, 1.54) is 35.1 Å². The molecule has 0 aliphatic carbocycles. The standard InChI is InChI=1S/C15H25N/c1-5-6-7-14(16)10-15-12(3)8-11(2)9-13(15)4/h8-9,14H,5-7,10,16H2,1-4H3. The van der Waals surface area contributed by atoms with Crippen LogP contribution in [0.5, 0.6) is 0 Å². The highest BCUT2D eigenvalue weighted by atomic mass is 14.6. The van der Waals surface area contributed by atoms with E-state index in [1.807, 2.05) is 0 Å². The summed E-state index contributed by atoms with van der Waals surface area (Å²) in [6.07, 6.45) is 4.64. The lowest BCUT2D eigenvalue weighted by Gasteiger charge is -2.16. The molecule has 2 N–H and O–H groups in total. The van der Waals surface area contributed by atoms with Crippen LogP contribution in [0.1, 0.15) is 48.4 Å². The van der Waals surface area contributed by atoms with Gasteiger partial charge in [-0.1, -0.05) is 37.5 Å². The summed E-state index contributed by atoms with van der Waals surface area (Å²) >= 11 is 0. The molecule has 0 aromatic heterocycles. The zero-order valence-corrected chi connectivity index (χ0v) is 11.1. The smallest absolute Gasteiger partial charge is 0.00795 e. The quantitative estimate of drug-likeness (QED) is 0.803. The molecule has 1 atom stereocenters. The van der Waals surface area contributed by atoms with E-state index >= 15 is 0 Å². The molecular formula is C15H25N. The van der Waals surface area contributed by atoms with Crippen LogP contribution in [0.3, 0.4) is 0 Å². The number of rotatable bonds is 5. The van der Waals surface area contributed by atoms with Crippen LogP contribution in [-0.4, -0.2) is 6.04 Å². The Morgan fingerprint density at radius 2 is 1.69 bits per heavy atom. The minimum absolute atomic E-state index is 0.319. The van der Waals surface area contributed by atoms with Crippen molar-refractivity contribution in [2.75, 3.05) is 0 Å². The summed E-state index contributed by atoms with van der Waals surface area (Å²) in [5, 5.41) is 0. The van der Waals surface area contributed by atoms with Crippen molar-refractivity contribution in [2.24, 2.45) is 5.73 Å². The van der Waals surface area contributed by atoms with Crippen molar-refractivity contribution in [3.8, 4) is 0 Å². The average Bonchev–Trinajstić information content (AvgIpc) is 2.20. The predicted molar refractivity (Wildman–Crippen MR) is 71.9 cm³/mol. The van der Waals surface area contributed by atoms with Crippen molar-refractivity contribution in [1.29, 1.82) is 0 Å². The highest BCUT2D eigenvalue weighted by Gasteiger charge is 2.08. The summed E-state index contributed by atoms with van der Waals surface area (Å²) < 4.78 is 0. The Labute approximate surface area is 100 Å². The van der Waals surface area contributed by atoms with Gasteiger partial charge in [-0.05, 0) is 50.3 Å². The predicted octanol–water partition coefficient (Wildman–Crippen LogP) is 3.67. The Hall–Kier alpha value is -0.820. The van der Waals surface area contributed by atoms with Gasteiger partial charge < -0.3 is 5.73 Å². The zero-order chi connectivity index (χ0) is 12.1. The summed E-state index contributed by atoms with van der Waals surface area (Å²) in [6, 6.07) is 4.84. The summed E-state index contributed by atoms with van der Waals surface area (Å²) in [7, 11) is 0. The molecule has 0 saturated heterocycles. The van der Waals surface area contributed by atoms with E-state index in [9.17, 15) is 0 Å². The Kier molecular flexibility index (Phi) is 5.01. The maximum absolute atomic E-state index is 6.17. The molecule has 1 heteroatoms. The van der Waals surface area contributed by atoms with Gasteiger partial charge in [0.25, 0.3) is 0 Å². The molecule has 0 aliphatic heterocycles. The first-order valence-electron chi connectivity index (χ1n) is 6.37. The molecule has 1 rings (SSSR count). The number of aryl methyl sites for hydroxylation is 3. The second kappa shape index (κ2) is 6.05. The van der Waals surface area contributed by atoms with Crippen molar-refractivity contribution in [3.05, 3.63) is 34.4 Å². The maximum Gasteiger partial charge on any atom is 0.00795 e. The van der Waals surface area contributed by atoms with E-state index in [0.717, 1.165) is 12.8 Å². The number of nitrogens with two attached hydrogens (primary N) is 1. The van der Waals surface area contributed by atoms with Gasteiger partial charge in [0.15, 0.2) is 0 Å². The Bertz CT molecular complexity index is 318. The molecule has 0 spiro atoms. The molecule has 1 nitrogen and oxygen atoms in total. The second-order valence-corrected chi connectivity index (χ2v) is 4.98. The Morgan fingerprint density at radius 3 is 2.19 bits per heavy atom. The molecule has 90 valence electrons. The van der Waals surface area contributed by atoms with Crippen LogP contribution in [0.2, 0.25) is 0 Å². The van der Waals surface area contributed by atoms with Crippen LogP contribution in [0.25, 0.3) is 0 Å². The van der Waals surface area contributed by atoms with Gasteiger partial charge in [-0.15, -0.1) is 0 Å². The van der Waals surface area contributed by atoms with Gasteiger partial charge in [0, 0.05) is 6.04 Å². The molecule has 0 heterocycles. The number of unbranched alkanes of at least 4 members (excludes halogenated alkanes) is 1. The fraction of sp³-hybridized carbons (Fsp3) is 0.600. The first kappa shape index (κ1) is 13.2. The Morgan fingerprint density at radius 1 is 1.12 bits per heavy atom. The van der Waals surface area contributed by atoms with Gasteiger partial charge >= 0.3 is 0 Å². The fourth-order valence-electron chi connectivity index (χ4n) is 2.36. The summed E-state index contributed by atoms with van der Waals surface area (Å²) in [5.41, 5.74) is 11.8. The molecule has 0 amide bonds. The van der Waals surface area contributed by atoms with Gasteiger partial charge in [-0.3, -0.25) is 0 Å². The molecule has 0 radical (unpaired) electrons. The Balaban J connectivity index is 2.73. The molecule has 0 saturated carbocycles. The molecule has 16 heavy (non-hydrogen) atoms. The summed E-state index contributed by atoms with van der Waals surface area (Å²) in [5.74, 6) is 0. The molecule has 1 aromatic carbocycles. The van der Waals surface area contributed by atoms with E-state index in [1.54, 1.807) is 0 Å². The molecule has 1 aromatic rings. The molecule has 0 aliphatic rings. The van der Waals surface area contributed by atoms with Crippen LogP contribution in [0.4, 0.5) is 0 Å². The van der Waals surface area contributed by atoms with Crippen molar-refractivity contribution in [2.45, 2.75) is 59.4 Å². The van der Waals surface area contributed by atoms with E-state index in [0.29, 0.717) is 6.04 Å². The minimum atomic E-state index is 0.319. The van der Waals surface area contributed by atoms with Gasteiger partial charge in [-0.2, -0.15) is 0 Å². The lowest BCUT2D eigenvalue weighted by atomic mass is 9.93. The highest BCUT2D eigenvalue weighted by molar-refractivity contribution is 5.37. The third kappa shape index (κ3) is 3.64. The third-order valence-corrected chi connectivity index (χ3v) is 3.24. The molecule has 0 bridgehead atoms. The van der Waals surface area contributed by atoms with Crippen molar-refractivity contribution >= 4 is 0 Å². The van der Waals surface area contributed by atoms with Gasteiger partial charge in [-0.25, -0.2) is 0 Å². The van der Waals surface area contributed by atoms with Crippen LogP contribution in [0.15, 0.2) is 12.1 Å². The zero-order valence-electron chi connectivity index (χ0n) is 11.1. The average molecular weight is 219 g/mol. The normalized spacial score (nSPS) is 12.8. The lowest BCUT2D eigenvalue weighted by Crippen LogP contribution is -2.23. The van der Waals surface area contributed by atoms with Crippen molar-refractivity contribution in [3.63, 3.8) is 0 Å². The van der Waals surface area contributed by atoms with Crippen molar-refractivity contribution < 1.29 is 0 Å². The SMILES string of the molecule is CCCCC(N)Cc1c(C)cc(C)cc1C. The van der Waals surface area contributed by atoms with Gasteiger partial charge in [0.1, 0.15) is 0 Å². The summed E-state index contributed by atoms with van der Waals surface area (Å²) in [4.78, 5) is 0. The fourth-order valence-corrected chi connectivity index (χ4v) is 2.36. The number of benzene rings is 1. The van der Waals surface area contributed by atoms with Crippen molar-refractivity contribution in [1.82, 2.24) is 0 Å². The van der Waals surface area contributed by atoms with E-state index in [2.05, 4.69) is 39.8 Å². The maximum atomic E-state index is 6.17. The number of hydrogen-bond acceptors (Lipinski definition) is 1. The van der Waals surface area contributed by atoms with E-state index in [-0.39, 0.29) is 0 Å². The lowest BCUT2D eigenvalue weighted by molar-refractivity contribution is 0.572. The molecular weight excluding hydrogens is 194 g/mol. The summed E-state index contributed by atoms with van der Waals surface area (Å²) in [6.45, 7) is 8.76. The first-order valence-corrected chi connectivity index (χ1v) is 6.37. The van der Waals surface area contributed by atoms with Crippen LogP contribution in [0, 0.1) is 20.8 Å². The topological polar surface area (TPSA) is 26.0 Å². The van der Waals surface area contributed by atoms with E-state index in [4.69, 9.17) is 5.73 Å². The number of hydrogen-bond donors (Lipinski definition) is 1. The third-order valence-electron chi connectivity index (χ3n) is 3.24. The van der Waals surface area contributed by atoms with Crippen LogP contribution >= 0.6 is 0 Å². The minimum Gasteiger partial charge on any atom is -0.327 e. The van der Waals surface area contributed by atoms with Crippen LogP contribution < -0.4 is 5.73 Å². The second-order valence-electron chi connectivity index (χ2n) is 4.98. The highest BCUT2D eigenvalue weighted by Crippen LogP contribution is 2.18. The van der Waals surface area contributed by atoms with E-state index < -0.39 is 0 Å². The largest absolute Gasteiger partial charge is 0.327 e. The molecule has 0 fully saturated rings.